The Balaban J connectivity index is 2.89. The minimum atomic E-state index is -3.46. The molecular weight excluding hydrogens is 264 g/mol. The molecule has 0 bridgehead atoms. The van der Waals surface area contributed by atoms with E-state index in [0.717, 1.165) is 5.56 Å². The Morgan fingerprint density at radius 2 is 2.05 bits per heavy atom. The van der Waals surface area contributed by atoms with Crippen molar-refractivity contribution in [1.29, 1.82) is 0 Å². The summed E-state index contributed by atoms with van der Waals surface area (Å²) in [4.78, 5) is 0. The van der Waals surface area contributed by atoms with Crippen molar-refractivity contribution in [2.24, 2.45) is 5.73 Å². The van der Waals surface area contributed by atoms with Gasteiger partial charge in [0.15, 0.2) is 0 Å². The van der Waals surface area contributed by atoms with Crippen LogP contribution in [-0.2, 0) is 22.3 Å². The molecule has 0 aromatic heterocycles. The zero-order valence-corrected chi connectivity index (χ0v) is 11.6. The molecule has 1 aromatic rings. The van der Waals surface area contributed by atoms with Crippen molar-refractivity contribution in [3.05, 3.63) is 48.0 Å². The lowest BCUT2D eigenvalue weighted by molar-refractivity contribution is 0.260. The summed E-state index contributed by atoms with van der Waals surface area (Å²) in [6.07, 6.45) is 1.50. The van der Waals surface area contributed by atoms with Crippen LogP contribution in [0.4, 0.5) is 0 Å². The lowest BCUT2D eigenvalue weighted by Gasteiger charge is -2.19. The SMILES string of the molecule is C=CCN(CCO)S(=O)(=O)Cc1cccc(CN)c1. The Hall–Kier alpha value is -1.21. The molecule has 0 aliphatic rings. The second-order valence-electron chi connectivity index (χ2n) is 4.15. The minimum Gasteiger partial charge on any atom is -0.395 e. The standard InChI is InChI=1S/C13H20N2O3S/c1-2-6-15(7-8-16)19(17,18)11-13-5-3-4-12(9-13)10-14/h2-5,9,16H,1,6-8,10-11,14H2. The number of nitrogens with two attached hydrogens (primary N) is 1. The fraction of sp³-hybridized carbons (Fsp3) is 0.385. The monoisotopic (exact) mass is 284 g/mol. The Kier molecular flexibility index (Phi) is 6.17. The van der Waals surface area contributed by atoms with Gasteiger partial charge in [0.2, 0.25) is 10.0 Å². The quantitative estimate of drug-likeness (QED) is 0.679. The lowest BCUT2D eigenvalue weighted by atomic mass is 10.1. The Morgan fingerprint density at radius 3 is 2.63 bits per heavy atom. The molecule has 19 heavy (non-hydrogen) atoms. The number of aliphatic hydroxyl groups excluding tert-OH is 1. The molecule has 0 radical (unpaired) electrons. The summed E-state index contributed by atoms with van der Waals surface area (Å²) >= 11 is 0. The first-order chi connectivity index (χ1) is 9.03. The van der Waals surface area contributed by atoms with Gasteiger partial charge in [-0.1, -0.05) is 30.3 Å². The molecule has 5 nitrogen and oxygen atoms in total. The van der Waals surface area contributed by atoms with Gasteiger partial charge in [-0.15, -0.1) is 6.58 Å². The summed E-state index contributed by atoms with van der Waals surface area (Å²) in [5, 5.41) is 8.92. The van der Waals surface area contributed by atoms with Gasteiger partial charge in [-0.25, -0.2) is 8.42 Å². The molecule has 3 N–H and O–H groups in total. The van der Waals surface area contributed by atoms with Crippen molar-refractivity contribution >= 4 is 10.0 Å². The van der Waals surface area contributed by atoms with E-state index >= 15 is 0 Å². The molecule has 0 heterocycles. The van der Waals surface area contributed by atoms with E-state index in [1.807, 2.05) is 6.07 Å². The third kappa shape index (κ3) is 4.76. The fourth-order valence-electron chi connectivity index (χ4n) is 1.75. The molecule has 106 valence electrons. The van der Waals surface area contributed by atoms with Gasteiger partial charge in [0.05, 0.1) is 12.4 Å². The van der Waals surface area contributed by atoms with Gasteiger partial charge in [-0.3, -0.25) is 0 Å². The Bertz CT molecular complexity index is 514. The van der Waals surface area contributed by atoms with Crippen molar-refractivity contribution < 1.29 is 13.5 Å². The van der Waals surface area contributed by atoms with Crippen LogP contribution in [0.3, 0.4) is 0 Å². The number of aliphatic hydroxyl groups is 1. The molecule has 0 fully saturated rings. The Morgan fingerprint density at radius 1 is 1.37 bits per heavy atom. The van der Waals surface area contributed by atoms with Gasteiger partial charge in [0.1, 0.15) is 0 Å². The van der Waals surface area contributed by atoms with Crippen LogP contribution < -0.4 is 5.73 Å². The molecule has 0 aliphatic heterocycles. The van der Waals surface area contributed by atoms with Crippen LogP contribution in [0.2, 0.25) is 0 Å². The van der Waals surface area contributed by atoms with Gasteiger partial charge in [0.25, 0.3) is 0 Å². The molecule has 0 atom stereocenters. The third-order valence-corrected chi connectivity index (χ3v) is 4.47. The van der Waals surface area contributed by atoms with E-state index in [1.54, 1.807) is 18.2 Å². The van der Waals surface area contributed by atoms with Gasteiger partial charge in [0, 0.05) is 19.6 Å². The second kappa shape index (κ2) is 7.40. The second-order valence-corrected chi connectivity index (χ2v) is 6.12. The largest absolute Gasteiger partial charge is 0.395 e. The Labute approximate surface area is 114 Å². The summed E-state index contributed by atoms with van der Waals surface area (Å²) < 4.78 is 25.6. The number of hydrogen-bond acceptors (Lipinski definition) is 4. The number of benzene rings is 1. The molecular formula is C13H20N2O3S. The van der Waals surface area contributed by atoms with E-state index in [0.29, 0.717) is 12.1 Å². The van der Waals surface area contributed by atoms with Gasteiger partial charge < -0.3 is 10.8 Å². The zero-order chi connectivity index (χ0) is 14.3. The highest BCUT2D eigenvalue weighted by Gasteiger charge is 2.20. The minimum absolute atomic E-state index is 0.0743. The zero-order valence-electron chi connectivity index (χ0n) is 10.8. The number of nitrogens with zero attached hydrogens (tertiary/aromatic N) is 1. The van der Waals surface area contributed by atoms with Crippen molar-refractivity contribution in [3.8, 4) is 0 Å². The van der Waals surface area contributed by atoms with Crippen molar-refractivity contribution in [3.63, 3.8) is 0 Å². The predicted octanol–water partition coefficient (Wildman–Crippen LogP) is 0.455. The summed E-state index contributed by atoms with van der Waals surface area (Å²) in [6, 6.07) is 7.17. The van der Waals surface area contributed by atoms with E-state index < -0.39 is 10.0 Å². The summed E-state index contributed by atoms with van der Waals surface area (Å²) in [5.41, 5.74) is 7.11. The van der Waals surface area contributed by atoms with Crippen molar-refractivity contribution in [2.75, 3.05) is 19.7 Å². The molecule has 0 amide bonds. The maximum Gasteiger partial charge on any atom is 0.218 e. The van der Waals surface area contributed by atoms with Crippen LogP contribution in [0.1, 0.15) is 11.1 Å². The first-order valence-electron chi connectivity index (χ1n) is 6.01. The van der Waals surface area contributed by atoms with E-state index in [-0.39, 0.29) is 25.4 Å². The molecule has 1 aromatic carbocycles. The normalized spacial score (nSPS) is 11.7. The molecule has 1 rings (SSSR count). The van der Waals surface area contributed by atoms with Crippen LogP contribution >= 0.6 is 0 Å². The highest BCUT2D eigenvalue weighted by molar-refractivity contribution is 7.88. The maximum absolute atomic E-state index is 12.2. The van der Waals surface area contributed by atoms with E-state index in [4.69, 9.17) is 10.8 Å². The fourth-order valence-corrected chi connectivity index (χ4v) is 3.22. The number of rotatable bonds is 8. The topological polar surface area (TPSA) is 83.6 Å². The lowest BCUT2D eigenvalue weighted by Crippen LogP contribution is -2.34. The molecule has 0 aliphatic carbocycles. The summed E-state index contributed by atoms with van der Waals surface area (Å²) in [5.74, 6) is -0.103. The van der Waals surface area contributed by atoms with Gasteiger partial charge in [-0.05, 0) is 11.1 Å². The molecule has 0 unspecified atom stereocenters. The van der Waals surface area contributed by atoms with Crippen molar-refractivity contribution in [2.45, 2.75) is 12.3 Å². The molecule has 0 saturated heterocycles. The van der Waals surface area contributed by atoms with E-state index in [2.05, 4.69) is 6.58 Å². The predicted molar refractivity (Wildman–Crippen MR) is 75.8 cm³/mol. The van der Waals surface area contributed by atoms with Gasteiger partial charge >= 0.3 is 0 Å². The van der Waals surface area contributed by atoms with E-state index in [1.165, 1.54) is 10.4 Å². The van der Waals surface area contributed by atoms with Gasteiger partial charge in [-0.2, -0.15) is 4.31 Å². The van der Waals surface area contributed by atoms with Crippen LogP contribution in [0.15, 0.2) is 36.9 Å². The first-order valence-corrected chi connectivity index (χ1v) is 7.62. The van der Waals surface area contributed by atoms with Crippen LogP contribution in [0, 0.1) is 0 Å². The molecule has 0 saturated carbocycles. The highest BCUT2D eigenvalue weighted by atomic mass is 32.2. The third-order valence-electron chi connectivity index (χ3n) is 2.65. The highest BCUT2D eigenvalue weighted by Crippen LogP contribution is 2.12. The maximum atomic E-state index is 12.2. The summed E-state index contributed by atoms with van der Waals surface area (Å²) in [6.45, 7) is 3.96. The number of sulfonamides is 1. The number of hydrogen-bond donors (Lipinski definition) is 2. The van der Waals surface area contributed by atoms with E-state index in [9.17, 15) is 8.42 Å². The molecule has 6 heteroatoms. The van der Waals surface area contributed by atoms with Crippen molar-refractivity contribution in [1.82, 2.24) is 4.31 Å². The average molecular weight is 284 g/mol. The van der Waals surface area contributed by atoms with Crippen LogP contribution in [0.25, 0.3) is 0 Å². The van der Waals surface area contributed by atoms with Crippen LogP contribution in [-0.4, -0.2) is 37.5 Å². The smallest absolute Gasteiger partial charge is 0.218 e. The average Bonchev–Trinajstić information content (AvgIpc) is 2.38. The first kappa shape index (κ1) is 15.8. The summed E-state index contributed by atoms with van der Waals surface area (Å²) in [7, 11) is -3.46. The van der Waals surface area contributed by atoms with Crippen LogP contribution in [0.5, 0.6) is 0 Å². The molecule has 0 spiro atoms.